The summed E-state index contributed by atoms with van der Waals surface area (Å²) in [6.07, 6.45) is 2.25. The monoisotopic (exact) mass is 270 g/mol. The van der Waals surface area contributed by atoms with E-state index in [2.05, 4.69) is 4.84 Å². The lowest BCUT2D eigenvalue weighted by Gasteiger charge is -2.44. The van der Waals surface area contributed by atoms with Crippen molar-refractivity contribution in [1.82, 2.24) is 4.90 Å². The lowest BCUT2D eigenvalue weighted by Crippen LogP contribution is -2.55. The fourth-order valence-corrected chi connectivity index (χ4v) is 3.91. The van der Waals surface area contributed by atoms with Gasteiger partial charge in [-0.1, -0.05) is 0 Å². The zero-order valence-electron chi connectivity index (χ0n) is 9.76. The molecule has 0 aromatic rings. The molecule has 0 aliphatic carbocycles. The largest absolute Gasteiger partial charge is 0.374 e. The molecule has 6 nitrogen and oxygen atoms in total. The third-order valence-corrected chi connectivity index (χ3v) is 4.74. The van der Waals surface area contributed by atoms with Gasteiger partial charge in [0.05, 0.1) is 17.9 Å². The van der Waals surface area contributed by atoms with Crippen molar-refractivity contribution in [2.45, 2.75) is 30.7 Å². The number of rotatable bonds is 2. The predicted molar refractivity (Wildman–Crippen MR) is 64.0 cm³/mol. The Morgan fingerprint density at radius 3 is 3.00 bits per heavy atom. The Labute approximate surface area is 108 Å². The second kappa shape index (κ2) is 4.56. The third-order valence-electron chi connectivity index (χ3n) is 3.50. The molecule has 0 aromatic carbocycles. The van der Waals surface area contributed by atoms with Crippen LogP contribution in [0.15, 0.2) is 11.3 Å². The summed E-state index contributed by atoms with van der Waals surface area (Å²) in [5.74, 6) is 4.98. The molecule has 3 heterocycles. The number of hydrogen-bond acceptors (Lipinski definition) is 6. The summed E-state index contributed by atoms with van der Waals surface area (Å²) >= 11 is 1.66. The molecule has 3 aliphatic heterocycles. The van der Waals surface area contributed by atoms with Crippen LogP contribution in [0.3, 0.4) is 0 Å². The molecule has 1 amide bonds. The van der Waals surface area contributed by atoms with E-state index in [-0.39, 0.29) is 17.4 Å². The molecular formula is C11H14N2O4S. The second-order valence-corrected chi connectivity index (χ2v) is 5.68. The van der Waals surface area contributed by atoms with Crippen LogP contribution in [0.25, 0.3) is 0 Å². The zero-order chi connectivity index (χ0) is 12.7. The molecule has 0 spiro atoms. The Morgan fingerprint density at radius 2 is 2.39 bits per heavy atom. The van der Waals surface area contributed by atoms with Gasteiger partial charge in [-0.25, -0.2) is 4.79 Å². The SMILES string of the molecule is NOC(=O)C1=C([C@@H]2CCCO2)CS[C@H]2CC(=O)N12. The number of amides is 1. The highest BCUT2D eigenvalue weighted by molar-refractivity contribution is 8.00. The molecule has 98 valence electrons. The smallest absolute Gasteiger partial charge is 0.373 e. The second-order valence-electron chi connectivity index (χ2n) is 4.51. The molecule has 2 atom stereocenters. The highest BCUT2D eigenvalue weighted by atomic mass is 32.2. The Hall–Kier alpha value is -1.05. The van der Waals surface area contributed by atoms with E-state index in [0.717, 1.165) is 18.4 Å². The van der Waals surface area contributed by atoms with Gasteiger partial charge in [0.15, 0.2) is 0 Å². The molecule has 0 unspecified atom stereocenters. The van der Waals surface area contributed by atoms with Crippen molar-refractivity contribution in [1.29, 1.82) is 0 Å². The minimum Gasteiger partial charge on any atom is -0.374 e. The summed E-state index contributed by atoms with van der Waals surface area (Å²) in [5, 5.41) is 0.0525. The number of β-lactam (4-membered cyclic amide) rings is 1. The maximum Gasteiger partial charge on any atom is 0.373 e. The van der Waals surface area contributed by atoms with Gasteiger partial charge in [-0.3, -0.25) is 9.69 Å². The predicted octanol–water partition coefficient (Wildman–Crippen LogP) is 0.142. The van der Waals surface area contributed by atoms with E-state index in [4.69, 9.17) is 10.6 Å². The van der Waals surface area contributed by atoms with Gasteiger partial charge in [0.25, 0.3) is 0 Å². The fourth-order valence-electron chi connectivity index (χ4n) is 2.58. The van der Waals surface area contributed by atoms with Crippen molar-refractivity contribution in [2.24, 2.45) is 5.90 Å². The molecule has 18 heavy (non-hydrogen) atoms. The number of carbonyl (C=O) groups excluding carboxylic acids is 2. The van der Waals surface area contributed by atoms with Crippen molar-refractivity contribution in [2.75, 3.05) is 12.4 Å². The van der Waals surface area contributed by atoms with Gasteiger partial charge in [0, 0.05) is 12.4 Å². The van der Waals surface area contributed by atoms with Crippen LogP contribution in [-0.2, 0) is 19.2 Å². The minimum atomic E-state index is -0.640. The topological polar surface area (TPSA) is 81.9 Å². The van der Waals surface area contributed by atoms with Gasteiger partial charge < -0.3 is 9.57 Å². The van der Waals surface area contributed by atoms with Crippen LogP contribution < -0.4 is 5.90 Å². The molecule has 0 radical (unpaired) electrons. The minimum absolute atomic E-state index is 0.0525. The summed E-state index contributed by atoms with van der Waals surface area (Å²) in [7, 11) is 0. The van der Waals surface area contributed by atoms with Gasteiger partial charge >= 0.3 is 5.97 Å². The number of carbonyl (C=O) groups is 2. The molecule has 7 heteroatoms. The summed E-state index contributed by atoms with van der Waals surface area (Å²) in [5.41, 5.74) is 1.15. The van der Waals surface area contributed by atoms with Crippen LogP contribution in [0.2, 0.25) is 0 Å². The van der Waals surface area contributed by atoms with E-state index in [1.54, 1.807) is 11.8 Å². The molecule has 0 saturated carbocycles. The average molecular weight is 270 g/mol. The summed E-state index contributed by atoms with van der Waals surface area (Å²) < 4.78 is 5.60. The normalized spacial score (nSPS) is 31.2. The van der Waals surface area contributed by atoms with Crippen molar-refractivity contribution >= 4 is 23.6 Å². The van der Waals surface area contributed by atoms with Crippen LogP contribution in [0.4, 0.5) is 0 Å². The lowest BCUT2D eigenvalue weighted by atomic mass is 10.0. The van der Waals surface area contributed by atoms with Gasteiger partial charge in [0.2, 0.25) is 5.91 Å². The summed E-state index contributed by atoms with van der Waals surface area (Å²) in [4.78, 5) is 29.3. The quantitative estimate of drug-likeness (QED) is 0.568. The highest BCUT2D eigenvalue weighted by Crippen LogP contribution is 2.42. The Kier molecular flexibility index (Phi) is 3.04. The van der Waals surface area contributed by atoms with Crippen molar-refractivity contribution < 1.29 is 19.2 Å². The van der Waals surface area contributed by atoms with Crippen LogP contribution in [0.1, 0.15) is 19.3 Å². The number of ether oxygens (including phenoxy) is 1. The standard InChI is InChI=1S/C11H14N2O4S/c12-17-11(15)10-6(7-2-1-3-16-7)5-18-9-4-8(14)13(9)10/h7,9H,1-5,12H2/t7-,9-/m0/s1. The van der Waals surface area contributed by atoms with Crippen LogP contribution in [-0.4, -0.2) is 40.6 Å². The van der Waals surface area contributed by atoms with E-state index >= 15 is 0 Å². The van der Waals surface area contributed by atoms with E-state index in [1.807, 2.05) is 0 Å². The molecule has 3 aliphatic rings. The van der Waals surface area contributed by atoms with E-state index in [0.29, 0.717) is 24.5 Å². The van der Waals surface area contributed by atoms with Gasteiger partial charge in [-0.15, -0.1) is 11.8 Å². The van der Waals surface area contributed by atoms with Gasteiger partial charge in [-0.2, -0.15) is 5.90 Å². The lowest BCUT2D eigenvalue weighted by molar-refractivity contribution is -0.149. The molecule has 0 bridgehead atoms. The van der Waals surface area contributed by atoms with E-state index < -0.39 is 5.97 Å². The summed E-state index contributed by atoms with van der Waals surface area (Å²) in [6, 6.07) is 0. The summed E-state index contributed by atoms with van der Waals surface area (Å²) in [6.45, 7) is 0.696. The number of thioether (sulfide) groups is 1. The van der Waals surface area contributed by atoms with Crippen molar-refractivity contribution in [3.8, 4) is 0 Å². The highest BCUT2D eigenvalue weighted by Gasteiger charge is 2.47. The van der Waals surface area contributed by atoms with Crippen molar-refractivity contribution in [3.63, 3.8) is 0 Å². The first-order chi connectivity index (χ1) is 8.72. The van der Waals surface area contributed by atoms with Crippen LogP contribution in [0.5, 0.6) is 0 Å². The first kappa shape index (κ1) is 12.0. The fraction of sp³-hybridized carbons (Fsp3) is 0.636. The maximum absolute atomic E-state index is 11.8. The average Bonchev–Trinajstić information content (AvgIpc) is 2.89. The first-order valence-corrected chi connectivity index (χ1v) is 6.96. The van der Waals surface area contributed by atoms with Crippen LogP contribution >= 0.6 is 11.8 Å². The van der Waals surface area contributed by atoms with Crippen LogP contribution in [0, 0.1) is 0 Å². The molecule has 3 rings (SSSR count). The Balaban J connectivity index is 1.97. The molecular weight excluding hydrogens is 256 g/mol. The number of nitrogens with zero attached hydrogens (tertiary/aromatic N) is 1. The number of fused-ring (bicyclic) bond motifs is 1. The molecule has 2 saturated heterocycles. The Bertz CT molecular complexity index is 431. The zero-order valence-corrected chi connectivity index (χ0v) is 10.6. The number of nitrogens with two attached hydrogens (primary N) is 1. The Morgan fingerprint density at radius 1 is 1.56 bits per heavy atom. The van der Waals surface area contributed by atoms with E-state index in [9.17, 15) is 9.59 Å². The van der Waals surface area contributed by atoms with Crippen molar-refractivity contribution in [3.05, 3.63) is 11.3 Å². The number of hydrogen-bond donors (Lipinski definition) is 1. The molecule has 2 N–H and O–H groups in total. The maximum atomic E-state index is 11.8. The first-order valence-electron chi connectivity index (χ1n) is 5.91. The van der Waals surface area contributed by atoms with Gasteiger partial charge in [-0.05, 0) is 18.4 Å². The molecule has 0 aromatic heterocycles. The van der Waals surface area contributed by atoms with Gasteiger partial charge in [0.1, 0.15) is 5.70 Å². The van der Waals surface area contributed by atoms with E-state index in [1.165, 1.54) is 4.90 Å². The molecule has 2 fully saturated rings. The third kappa shape index (κ3) is 1.73.